The second kappa shape index (κ2) is 6.99. The summed E-state index contributed by atoms with van der Waals surface area (Å²) in [6.07, 6.45) is 3.46. The van der Waals surface area contributed by atoms with Gasteiger partial charge in [0.25, 0.3) is 0 Å². The minimum Gasteiger partial charge on any atom is -0.508 e. The Balaban J connectivity index is 2.72. The monoisotopic (exact) mass is 253 g/mol. The van der Waals surface area contributed by atoms with Gasteiger partial charge in [-0.25, -0.2) is 4.39 Å². The third-order valence-corrected chi connectivity index (χ3v) is 2.86. The van der Waals surface area contributed by atoms with E-state index >= 15 is 0 Å². The Hall–Kier alpha value is -1.58. The van der Waals surface area contributed by atoms with Crippen molar-refractivity contribution in [3.63, 3.8) is 0 Å². The quantitative estimate of drug-likeness (QED) is 0.760. The summed E-state index contributed by atoms with van der Waals surface area (Å²) in [5.74, 6) is -0.990. The summed E-state index contributed by atoms with van der Waals surface area (Å²) in [5.41, 5.74) is 0.120. The molecule has 0 aliphatic rings. The van der Waals surface area contributed by atoms with Gasteiger partial charge in [0, 0.05) is 12.0 Å². The Bertz CT molecular complexity index is 401. The number of hydrogen-bond acceptors (Lipinski definition) is 2. The maximum absolute atomic E-state index is 13.5. The number of nitrogens with one attached hydrogen (secondary N) is 1. The molecule has 0 spiro atoms. The molecule has 1 aromatic rings. The zero-order valence-corrected chi connectivity index (χ0v) is 10.9. The van der Waals surface area contributed by atoms with Crippen LogP contribution in [-0.4, -0.2) is 11.0 Å². The molecule has 0 fully saturated rings. The van der Waals surface area contributed by atoms with Gasteiger partial charge in [-0.15, -0.1) is 0 Å². The first-order valence-electron chi connectivity index (χ1n) is 6.37. The first-order chi connectivity index (χ1) is 8.58. The molecule has 0 unspecified atom stereocenters. The van der Waals surface area contributed by atoms with E-state index in [0.717, 1.165) is 31.7 Å². The van der Waals surface area contributed by atoms with Gasteiger partial charge in [0.1, 0.15) is 11.6 Å². The zero-order valence-electron chi connectivity index (χ0n) is 10.9. The van der Waals surface area contributed by atoms with Crippen LogP contribution in [-0.2, 0) is 4.79 Å². The third kappa shape index (κ3) is 4.02. The number of aromatic hydroxyl groups is 1. The lowest BCUT2D eigenvalue weighted by atomic mass is 9.97. The Kier molecular flexibility index (Phi) is 5.62. The van der Waals surface area contributed by atoms with Crippen LogP contribution in [0.1, 0.15) is 39.5 Å². The molecule has 4 heteroatoms. The third-order valence-electron chi connectivity index (χ3n) is 2.86. The highest BCUT2D eigenvalue weighted by Gasteiger charge is 2.17. The van der Waals surface area contributed by atoms with Crippen LogP contribution in [0.3, 0.4) is 0 Å². The van der Waals surface area contributed by atoms with Crippen LogP contribution >= 0.6 is 0 Å². The first-order valence-corrected chi connectivity index (χ1v) is 6.37. The summed E-state index contributed by atoms with van der Waals surface area (Å²) in [6.45, 7) is 4.05. The van der Waals surface area contributed by atoms with Gasteiger partial charge in [0.2, 0.25) is 5.91 Å². The number of benzene rings is 1. The van der Waals surface area contributed by atoms with Crippen molar-refractivity contribution in [3.05, 3.63) is 24.0 Å². The lowest BCUT2D eigenvalue weighted by molar-refractivity contribution is -0.120. The van der Waals surface area contributed by atoms with Crippen molar-refractivity contribution in [2.45, 2.75) is 39.5 Å². The predicted octanol–water partition coefficient (Wildman–Crippen LogP) is 3.69. The molecule has 0 aliphatic heterocycles. The van der Waals surface area contributed by atoms with E-state index in [4.69, 9.17) is 5.11 Å². The van der Waals surface area contributed by atoms with Crippen molar-refractivity contribution in [1.82, 2.24) is 0 Å². The number of halogens is 1. The molecule has 18 heavy (non-hydrogen) atoms. The fourth-order valence-electron chi connectivity index (χ4n) is 1.94. The zero-order chi connectivity index (χ0) is 13.5. The summed E-state index contributed by atoms with van der Waals surface area (Å²) in [6, 6.07) is 3.72. The van der Waals surface area contributed by atoms with Gasteiger partial charge in [0.15, 0.2) is 0 Å². The van der Waals surface area contributed by atoms with E-state index in [-0.39, 0.29) is 23.3 Å². The SMILES string of the molecule is CCCC(CCC)C(=O)Nc1ccc(O)cc1F. The summed E-state index contributed by atoms with van der Waals surface area (Å²) < 4.78 is 13.5. The summed E-state index contributed by atoms with van der Waals surface area (Å²) in [5, 5.41) is 11.7. The van der Waals surface area contributed by atoms with E-state index in [9.17, 15) is 9.18 Å². The van der Waals surface area contributed by atoms with Gasteiger partial charge in [-0.1, -0.05) is 26.7 Å². The Labute approximate surface area is 107 Å². The lowest BCUT2D eigenvalue weighted by Gasteiger charge is -2.15. The maximum Gasteiger partial charge on any atom is 0.227 e. The molecule has 0 atom stereocenters. The number of phenols is 1. The largest absolute Gasteiger partial charge is 0.508 e. The van der Waals surface area contributed by atoms with E-state index in [1.165, 1.54) is 12.1 Å². The average molecular weight is 253 g/mol. The van der Waals surface area contributed by atoms with E-state index in [1.807, 2.05) is 13.8 Å². The highest BCUT2D eigenvalue weighted by molar-refractivity contribution is 5.92. The molecule has 1 rings (SSSR count). The number of hydrogen-bond donors (Lipinski definition) is 2. The Morgan fingerprint density at radius 3 is 2.44 bits per heavy atom. The van der Waals surface area contributed by atoms with Crippen LogP contribution in [0.15, 0.2) is 18.2 Å². The van der Waals surface area contributed by atoms with Crippen LogP contribution in [0.2, 0.25) is 0 Å². The van der Waals surface area contributed by atoms with E-state index in [1.54, 1.807) is 0 Å². The fraction of sp³-hybridized carbons (Fsp3) is 0.500. The molecule has 0 aromatic heterocycles. The van der Waals surface area contributed by atoms with Crippen molar-refractivity contribution in [1.29, 1.82) is 0 Å². The molecule has 100 valence electrons. The molecule has 0 saturated heterocycles. The van der Waals surface area contributed by atoms with Gasteiger partial charge >= 0.3 is 0 Å². The highest BCUT2D eigenvalue weighted by atomic mass is 19.1. The molecule has 0 saturated carbocycles. The molecule has 0 heterocycles. The van der Waals surface area contributed by atoms with Gasteiger partial charge in [-0.05, 0) is 25.0 Å². The average Bonchev–Trinajstić information content (AvgIpc) is 2.32. The standard InChI is InChI=1S/C14H20FNO2/c1-3-5-10(6-4-2)14(18)16-13-8-7-11(17)9-12(13)15/h7-10,17H,3-6H2,1-2H3,(H,16,18). The minimum absolute atomic E-state index is 0.0757. The number of phenolic OH excluding ortho intramolecular Hbond substituents is 1. The second-order valence-corrected chi connectivity index (χ2v) is 4.43. The Morgan fingerprint density at radius 1 is 1.33 bits per heavy atom. The van der Waals surface area contributed by atoms with Crippen LogP contribution in [0.4, 0.5) is 10.1 Å². The molecule has 0 radical (unpaired) electrons. The number of rotatable bonds is 6. The van der Waals surface area contributed by atoms with Crippen LogP contribution in [0.25, 0.3) is 0 Å². The lowest BCUT2D eigenvalue weighted by Crippen LogP contribution is -2.23. The van der Waals surface area contributed by atoms with Crippen molar-refractivity contribution in [3.8, 4) is 5.75 Å². The van der Waals surface area contributed by atoms with Crippen molar-refractivity contribution in [2.75, 3.05) is 5.32 Å². The normalized spacial score (nSPS) is 10.7. The summed E-state index contributed by atoms with van der Waals surface area (Å²) >= 11 is 0. The van der Waals surface area contributed by atoms with Crippen LogP contribution in [0.5, 0.6) is 5.75 Å². The van der Waals surface area contributed by atoms with Crippen molar-refractivity contribution >= 4 is 11.6 Å². The molecular formula is C14H20FNO2. The molecule has 1 aromatic carbocycles. The predicted molar refractivity (Wildman–Crippen MR) is 70.0 cm³/mol. The second-order valence-electron chi connectivity index (χ2n) is 4.43. The topological polar surface area (TPSA) is 49.3 Å². The number of carbonyl (C=O) groups is 1. The smallest absolute Gasteiger partial charge is 0.227 e. The van der Waals surface area contributed by atoms with Crippen LogP contribution in [0, 0.1) is 11.7 Å². The molecular weight excluding hydrogens is 233 g/mol. The highest BCUT2D eigenvalue weighted by Crippen LogP contribution is 2.22. The first kappa shape index (κ1) is 14.5. The van der Waals surface area contributed by atoms with Gasteiger partial charge < -0.3 is 10.4 Å². The Morgan fingerprint density at radius 2 is 1.94 bits per heavy atom. The molecule has 1 amide bonds. The summed E-state index contributed by atoms with van der Waals surface area (Å²) in [7, 11) is 0. The molecule has 3 nitrogen and oxygen atoms in total. The number of amides is 1. The maximum atomic E-state index is 13.5. The van der Waals surface area contributed by atoms with Gasteiger partial charge in [0.05, 0.1) is 5.69 Å². The molecule has 2 N–H and O–H groups in total. The van der Waals surface area contributed by atoms with Crippen LogP contribution < -0.4 is 5.32 Å². The number of anilines is 1. The molecule has 0 bridgehead atoms. The van der Waals surface area contributed by atoms with Gasteiger partial charge in [-0.2, -0.15) is 0 Å². The minimum atomic E-state index is -0.616. The van der Waals surface area contributed by atoms with Gasteiger partial charge in [-0.3, -0.25) is 4.79 Å². The molecule has 0 aliphatic carbocycles. The van der Waals surface area contributed by atoms with E-state index in [0.29, 0.717) is 0 Å². The fourth-order valence-corrected chi connectivity index (χ4v) is 1.94. The van der Waals surface area contributed by atoms with Crippen molar-refractivity contribution < 1.29 is 14.3 Å². The summed E-state index contributed by atoms with van der Waals surface area (Å²) in [4.78, 5) is 12.0. The van der Waals surface area contributed by atoms with Crippen molar-refractivity contribution in [2.24, 2.45) is 5.92 Å². The number of carbonyl (C=O) groups excluding carboxylic acids is 1. The van der Waals surface area contributed by atoms with E-state index in [2.05, 4.69) is 5.32 Å². The van der Waals surface area contributed by atoms with E-state index < -0.39 is 5.82 Å².